The normalized spacial score (nSPS) is 18.4. The second kappa shape index (κ2) is 6.13. The number of aromatic nitrogens is 2. The summed E-state index contributed by atoms with van der Waals surface area (Å²) >= 11 is 0. The molecule has 2 N–H and O–H groups in total. The number of sulfonamides is 1. The van der Waals surface area contributed by atoms with Crippen molar-refractivity contribution in [2.75, 3.05) is 11.9 Å². The summed E-state index contributed by atoms with van der Waals surface area (Å²) in [5.74, 6) is 0.392. The molecule has 1 aromatic heterocycles. The first-order chi connectivity index (χ1) is 11.0. The molecule has 2 aromatic rings. The minimum atomic E-state index is -3.63. The molecular weight excluding hydrogens is 314 g/mol. The van der Waals surface area contributed by atoms with E-state index >= 15 is 0 Å². The van der Waals surface area contributed by atoms with Crippen LogP contribution in [-0.4, -0.2) is 36.6 Å². The zero-order valence-electron chi connectivity index (χ0n) is 13.0. The standard InChI is InChI=1S/C15H19N5O2S/c1-11(12(2)20-9-5-8-17-20)16-10-15-18-13-6-3-4-7-14(13)23(21,22)19-15/h3-9,11-12,16H,10H2,1-2H3,(H,18,19)/t11-,12-/m0/s1. The highest BCUT2D eigenvalue weighted by atomic mass is 32.2. The maximum atomic E-state index is 12.2. The number of para-hydroxylation sites is 1. The molecule has 0 amide bonds. The minimum absolute atomic E-state index is 0.0966. The van der Waals surface area contributed by atoms with E-state index in [0.717, 1.165) is 0 Å². The third-order valence-corrected chi connectivity index (χ3v) is 5.30. The fraction of sp³-hybridized carbons (Fsp3) is 0.333. The number of hydrogen-bond acceptors (Lipinski definition) is 5. The third kappa shape index (κ3) is 3.27. The smallest absolute Gasteiger partial charge is 0.286 e. The number of nitrogens with zero attached hydrogens (tertiary/aromatic N) is 3. The van der Waals surface area contributed by atoms with Gasteiger partial charge in [0.1, 0.15) is 10.7 Å². The Morgan fingerprint density at radius 2 is 2.04 bits per heavy atom. The second-order valence-electron chi connectivity index (χ2n) is 5.53. The van der Waals surface area contributed by atoms with E-state index in [1.54, 1.807) is 30.5 Å². The molecule has 0 spiro atoms. The van der Waals surface area contributed by atoms with Crippen LogP contribution in [-0.2, 0) is 10.0 Å². The molecule has 0 unspecified atom stereocenters. The van der Waals surface area contributed by atoms with Gasteiger partial charge in [-0.15, -0.1) is 4.40 Å². The quantitative estimate of drug-likeness (QED) is 0.868. The molecule has 1 aliphatic rings. The molecule has 0 saturated carbocycles. The summed E-state index contributed by atoms with van der Waals surface area (Å²) in [6, 6.07) is 8.87. The predicted octanol–water partition coefficient (Wildman–Crippen LogP) is 1.64. The first-order valence-electron chi connectivity index (χ1n) is 7.40. The van der Waals surface area contributed by atoms with E-state index in [1.807, 2.05) is 30.8 Å². The summed E-state index contributed by atoms with van der Waals surface area (Å²) in [6.45, 7) is 4.41. The Morgan fingerprint density at radius 1 is 1.26 bits per heavy atom. The van der Waals surface area contributed by atoms with Gasteiger partial charge in [-0.1, -0.05) is 12.1 Å². The average Bonchev–Trinajstić information content (AvgIpc) is 3.05. The van der Waals surface area contributed by atoms with Crippen molar-refractivity contribution in [2.24, 2.45) is 4.40 Å². The Hall–Kier alpha value is -2.19. The van der Waals surface area contributed by atoms with Crippen molar-refractivity contribution < 1.29 is 8.42 Å². The van der Waals surface area contributed by atoms with Crippen molar-refractivity contribution >= 4 is 21.5 Å². The number of nitrogens with one attached hydrogen (secondary N) is 2. The van der Waals surface area contributed by atoms with Crippen LogP contribution in [0.1, 0.15) is 19.9 Å². The van der Waals surface area contributed by atoms with Gasteiger partial charge in [0.2, 0.25) is 0 Å². The second-order valence-corrected chi connectivity index (χ2v) is 7.10. The summed E-state index contributed by atoms with van der Waals surface area (Å²) in [7, 11) is -3.63. The van der Waals surface area contributed by atoms with Gasteiger partial charge in [-0.25, -0.2) is 0 Å². The lowest BCUT2D eigenvalue weighted by Gasteiger charge is -2.24. The number of benzene rings is 1. The van der Waals surface area contributed by atoms with Crippen molar-refractivity contribution in [1.82, 2.24) is 15.1 Å². The van der Waals surface area contributed by atoms with Crippen molar-refractivity contribution in [3.05, 3.63) is 42.7 Å². The Morgan fingerprint density at radius 3 is 2.78 bits per heavy atom. The maximum Gasteiger partial charge on any atom is 0.286 e. The molecular formula is C15H19N5O2S. The molecule has 2 atom stereocenters. The molecule has 23 heavy (non-hydrogen) atoms. The van der Waals surface area contributed by atoms with Gasteiger partial charge in [0, 0.05) is 18.4 Å². The number of amidine groups is 1. The summed E-state index contributed by atoms with van der Waals surface area (Å²) in [5, 5.41) is 10.6. The van der Waals surface area contributed by atoms with Gasteiger partial charge in [0.25, 0.3) is 10.0 Å². The van der Waals surface area contributed by atoms with Crippen LogP contribution >= 0.6 is 0 Å². The summed E-state index contributed by atoms with van der Waals surface area (Å²) in [6.07, 6.45) is 3.64. The molecule has 7 nitrogen and oxygen atoms in total. The lowest BCUT2D eigenvalue weighted by atomic mass is 10.2. The molecule has 1 aromatic carbocycles. The first-order valence-corrected chi connectivity index (χ1v) is 8.84. The molecule has 122 valence electrons. The van der Waals surface area contributed by atoms with E-state index in [4.69, 9.17) is 0 Å². The largest absolute Gasteiger partial charge is 0.341 e. The minimum Gasteiger partial charge on any atom is -0.341 e. The van der Waals surface area contributed by atoms with Crippen LogP contribution in [0.5, 0.6) is 0 Å². The zero-order chi connectivity index (χ0) is 16.4. The van der Waals surface area contributed by atoms with Crippen LogP contribution in [0.25, 0.3) is 0 Å². The highest BCUT2D eigenvalue weighted by molar-refractivity contribution is 7.90. The van der Waals surface area contributed by atoms with Gasteiger partial charge in [-0.05, 0) is 32.0 Å². The van der Waals surface area contributed by atoms with E-state index in [-0.39, 0.29) is 17.0 Å². The van der Waals surface area contributed by atoms with Crippen LogP contribution in [0.3, 0.4) is 0 Å². The number of rotatable bonds is 5. The van der Waals surface area contributed by atoms with Crippen molar-refractivity contribution in [3.8, 4) is 0 Å². The lowest BCUT2D eigenvalue weighted by molar-refractivity contribution is 0.378. The number of anilines is 1. The average molecular weight is 333 g/mol. The highest BCUT2D eigenvalue weighted by Crippen LogP contribution is 2.26. The highest BCUT2D eigenvalue weighted by Gasteiger charge is 2.24. The molecule has 8 heteroatoms. The van der Waals surface area contributed by atoms with Crippen molar-refractivity contribution in [3.63, 3.8) is 0 Å². The predicted molar refractivity (Wildman–Crippen MR) is 89.1 cm³/mol. The number of hydrogen-bond donors (Lipinski definition) is 2. The zero-order valence-corrected chi connectivity index (χ0v) is 13.8. The van der Waals surface area contributed by atoms with E-state index in [2.05, 4.69) is 20.1 Å². The molecule has 0 fully saturated rings. The summed E-state index contributed by atoms with van der Waals surface area (Å²) in [4.78, 5) is 0.210. The molecule has 3 rings (SSSR count). The summed E-state index contributed by atoms with van der Waals surface area (Å²) < 4.78 is 30.1. The van der Waals surface area contributed by atoms with Gasteiger partial charge in [0.05, 0.1) is 18.3 Å². The lowest BCUT2D eigenvalue weighted by Crippen LogP contribution is -2.40. The van der Waals surface area contributed by atoms with E-state index < -0.39 is 10.0 Å². The van der Waals surface area contributed by atoms with E-state index in [9.17, 15) is 8.42 Å². The van der Waals surface area contributed by atoms with Crippen LogP contribution in [0.2, 0.25) is 0 Å². The molecule has 2 heterocycles. The molecule has 0 radical (unpaired) electrons. The molecule has 0 saturated heterocycles. The maximum absolute atomic E-state index is 12.2. The van der Waals surface area contributed by atoms with Crippen LogP contribution in [0, 0.1) is 0 Å². The Balaban J connectivity index is 1.69. The first kappa shape index (κ1) is 15.7. The van der Waals surface area contributed by atoms with E-state index in [1.165, 1.54) is 0 Å². The SMILES string of the molecule is C[C@H](NCC1=NS(=O)(=O)c2ccccc2N1)[C@H](C)n1cccn1. The fourth-order valence-corrected chi connectivity index (χ4v) is 3.57. The Bertz CT molecular complexity index is 814. The molecule has 0 bridgehead atoms. The number of fused-ring (bicyclic) bond motifs is 1. The van der Waals surface area contributed by atoms with Crippen molar-refractivity contribution in [1.29, 1.82) is 0 Å². The molecule has 1 aliphatic heterocycles. The van der Waals surface area contributed by atoms with Gasteiger partial charge >= 0.3 is 0 Å². The van der Waals surface area contributed by atoms with Gasteiger partial charge in [-0.3, -0.25) is 4.68 Å². The van der Waals surface area contributed by atoms with Crippen molar-refractivity contribution in [2.45, 2.75) is 30.8 Å². The van der Waals surface area contributed by atoms with Crippen LogP contribution in [0.15, 0.2) is 52.0 Å². The van der Waals surface area contributed by atoms with Gasteiger partial charge in [-0.2, -0.15) is 13.5 Å². The topological polar surface area (TPSA) is 88.4 Å². The van der Waals surface area contributed by atoms with Gasteiger partial charge in [0.15, 0.2) is 0 Å². The fourth-order valence-electron chi connectivity index (χ4n) is 2.42. The van der Waals surface area contributed by atoms with E-state index in [0.29, 0.717) is 18.1 Å². The molecule has 0 aliphatic carbocycles. The Kier molecular flexibility index (Phi) is 4.18. The van der Waals surface area contributed by atoms with Crippen LogP contribution in [0.4, 0.5) is 5.69 Å². The third-order valence-electron chi connectivity index (χ3n) is 3.93. The Labute approximate surface area is 135 Å². The summed E-state index contributed by atoms with van der Waals surface area (Å²) in [5.41, 5.74) is 0.562. The van der Waals surface area contributed by atoms with Gasteiger partial charge < -0.3 is 10.6 Å². The van der Waals surface area contributed by atoms with Crippen LogP contribution < -0.4 is 10.6 Å². The monoisotopic (exact) mass is 333 g/mol.